The average molecular weight is 364 g/mol. The van der Waals surface area contributed by atoms with Crippen LogP contribution in [0.2, 0.25) is 0 Å². The van der Waals surface area contributed by atoms with Crippen LogP contribution < -0.4 is 5.32 Å². The topological polar surface area (TPSA) is 101 Å². The second-order valence-corrected chi connectivity index (χ2v) is 5.80. The average Bonchev–Trinajstić information content (AvgIpc) is 3.06. The summed E-state index contributed by atoms with van der Waals surface area (Å²) in [7, 11) is 0. The van der Waals surface area contributed by atoms with Crippen LogP contribution in [-0.4, -0.2) is 35.9 Å². The predicted molar refractivity (Wildman–Crippen MR) is 83.8 cm³/mol. The maximum Gasteiger partial charge on any atom is 0.277 e. The lowest BCUT2D eigenvalue weighted by Gasteiger charge is -2.05. The zero-order valence-corrected chi connectivity index (χ0v) is 13.7. The van der Waals surface area contributed by atoms with Crippen molar-refractivity contribution in [1.82, 2.24) is 30.0 Å². The number of imidazole rings is 1. The van der Waals surface area contributed by atoms with E-state index < -0.39 is 0 Å². The van der Waals surface area contributed by atoms with Crippen LogP contribution in [0.25, 0.3) is 5.65 Å². The van der Waals surface area contributed by atoms with Gasteiger partial charge < -0.3 is 0 Å². The molecule has 0 unspecified atom stereocenters. The van der Waals surface area contributed by atoms with Crippen LogP contribution >= 0.6 is 15.9 Å². The Labute approximate surface area is 134 Å². The zero-order valence-electron chi connectivity index (χ0n) is 12.1. The van der Waals surface area contributed by atoms with Crippen LogP contribution in [0, 0.1) is 6.92 Å². The van der Waals surface area contributed by atoms with Gasteiger partial charge in [-0.3, -0.25) is 14.5 Å². The van der Waals surface area contributed by atoms with Crippen molar-refractivity contribution in [1.29, 1.82) is 0 Å². The number of anilines is 1. The first-order chi connectivity index (χ1) is 10.6. The molecule has 2 N–H and O–H groups in total. The molecule has 3 aromatic rings. The van der Waals surface area contributed by atoms with Crippen molar-refractivity contribution in [3.05, 3.63) is 33.7 Å². The third-order valence-corrected chi connectivity index (χ3v) is 3.65. The molecular weight excluding hydrogens is 350 g/mol. The fraction of sp³-hybridized carbons (Fsp3) is 0.308. The number of nitrogens with one attached hydrogen (secondary N) is 2. The zero-order chi connectivity index (χ0) is 15.7. The molecule has 0 aromatic carbocycles. The van der Waals surface area contributed by atoms with Crippen molar-refractivity contribution in [2.45, 2.75) is 26.7 Å². The van der Waals surface area contributed by atoms with Gasteiger partial charge in [-0.25, -0.2) is 4.98 Å². The van der Waals surface area contributed by atoms with E-state index in [1.165, 1.54) is 0 Å². The molecule has 3 rings (SSSR count). The number of halogens is 1. The van der Waals surface area contributed by atoms with Gasteiger partial charge >= 0.3 is 0 Å². The second kappa shape index (κ2) is 5.84. The number of hydrogen-bond donors (Lipinski definition) is 2. The molecule has 0 atom stereocenters. The predicted octanol–water partition coefficient (Wildman–Crippen LogP) is 2.12. The van der Waals surface area contributed by atoms with E-state index in [-0.39, 0.29) is 11.9 Å². The van der Waals surface area contributed by atoms with Gasteiger partial charge in [0.15, 0.2) is 0 Å². The summed E-state index contributed by atoms with van der Waals surface area (Å²) >= 11 is 3.46. The third-order valence-electron chi connectivity index (χ3n) is 3.22. The Balaban J connectivity index is 2.12. The van der Waals surface area contributed by atoms with E-state index in [0.717, 1.165) is 27.8 Å². The smallest absolute Gasteiger partial charge is 0.277 e. The first-order valence-corrected chi connectivity index (χ1v) is 7.61. The summed E-state index contributed by atoms with van der Waals surface area (Å²) in [6.45, 7) is 4.01. The van der Waals surface area contributed by atoms with E-state index in [1.54, 1.807) is 4.40 Å². The largest absolute Gasteiger partial charge is 0.294 e. The Bertz CT molecular complexity index is 825. The van der Waals surface area contributed by atoms with Crippen LogP contribution in [0.5, 0.6) is 0 Å². The molecule has 0 fully saturated rings. The molecule has 0 spiro atoms. The fourth-order valence-corrected chi connectivity index (χ4v) is 2.89. The lowest BCUT2D eigenvalue weighted by Crippen LogP contribution is -2.17. The highest BCUT2D eigenvalue weighted by Crippen LogP contribution is 2.22. The number of fused-ring (bicyclic) bond motifs is 1. The number of aromatic nitrogens is 6. The summed E-state index contributed by atoms with van der Waals surface area (Å²) in [6, 6.07) is 1.97. The first-order valence-electron chi connectivity index (χ1n) is 6.82. The molecule has 0 radical (unpaired) electrons. The van der Waals surface area contributed by atoms with Crippen molar-refractivity contribution >= 4 is 33.4 Å². The normalized spacial score (nSPS) is 11.0. The van der Waals surface area contributed by atoms with E-state index >= 15 is 0 Å². The molecule has 3 heterocycles. The van der Waals surface area contributed by atoms with Crippen molar-refractivity contribution in [3.8, 4) is 0 Å². The number of amides is 1. The maximum absolute atomic E-state index is 12.6. The van der Waals surface area contributed by atoms with Gasteiger partial charge in [0.05, 0.1) is 5.69 Å². The number of aromatic amines is 1. The van der Waals surface area contributed by atoms with Crippen LogP contribution in [0.4, 0.5) is 5.95 Å². The van der Waals surface area contributed by atoms with Gasteiger partial charge in [-0.15, -0.1) is 5.10 Å². The molecular formula is C13H14BrN7O. The summed E-state index contributed by atoms with van der Waals surface area (Å²) in [5.74, 6) is -0.177. The van der Waals surface area contributed by atoms with Crippen molar-refractivity contribution in [2.75, 3.05) is 5.32 Å². The lowest BCUT2D eigenvalue weighted by molar-refractivity contribution is 0.101. The molecule has 0 saturated carbocycles. The summed E-state index contributed by atoms with van der Waals surface area (Å²) in [6.07, 6.45) is 3.44. The number of carbonyl (C=O) groups is 1. The van der Waals surface area contributed by atoms with E-state index in [4.69, 9.17) is 0 Å². The van der Waals surface area contributed by atoms with Gasteiger partial charge in [-0.05, 0) is 46.1 Å². The number of H-pyrrole nitrogens is 1. The minimum atomic E-state index is -0.310. The molecule has 0 aliphatic heterocycles. The van der Waals surface area contributed by atoms with Gasteiger partial charge in [-0.1, -0.05) is 18.4 Å². The molecule has 1 amide bonds. The SMILES string of the molecule is CCCc1nc2c(C)cc(Br)cn2c1C(=O)Nc1nn[nH]n1. The Hall–Kier alpha value is -2.29. The van der Waals surface area contributed by atoms with E-state index in [0.29, 0.717) is 12.1 Å². The molecule has 0 bridgehead atoms. The van der Waals surface area contributed by atoms with Crippen LogP contribution in [-0.2, 0) is 6.42 Å². The van der Waals surface area contributed by atoms with Gasteiger partial charge in [-0.2, -0.15) is 5.21 Å². The highest BCUT2D eigenvalue weighted by molar-refractivity contribution is 9.10. The third kappa shape index (κ3) is 2.59. The van der Waals surface area contributed by atoms with Gasteiger partial charge in [0.1, 0.15) is 11.3 Å². The number of nitrogens with zero attached hydrogens (tertiary/aromatic N) is 5. The van der Waals surface area contributed by atoms with Gasteiger partial charge in [0, 0.05) is 10.7 Å². The minimum Gasteiger partial charge on any atom is -0.294 e. The summed E-state index contributed by atoms with van der Waals surface area (Å²) in [5, 5.41) is 15.8. The molecule has 0 aliphatic carbocycles. The summed E-state index contributed by atoms with van der Waals surface area (Å²) < 4.78 is 2.67. The highest BCUT2D eigenvalue weighted by Gasteiger charge is 2.21. The molecule has 9 heteroatoms. The molecule has 0 aliphatic rings. The quantitative estimate of drug-likeness (QED) is 0.739. The number of carbonyl (C=O) groups excluding carboxylic acids is 1. The molecule has 3 aromatic heterocycles. The maximum atomic E-state index is 12.6. The first kappa shape index (κ1) is 14.6. The minimum absolute atomic E-state index is 0.133. The van der Waals surface area contributed by atoms with Crippen LogP contribution in [0.3, 0.4) is 0 Å². The summed E-state index contributed by atoms with van der Waals surface area (Å²) in [5.41, 5.74) is 3.01. The number of aryl methyl sites for hydroxylation is 2. The van der Waals surface area contributed by atoms with E-state index in [9.17, 15) is 4.79 Å². The molecule has 0 saturated heterocycles. The van der Waals surface area contributed by atoms with Crippen molar-refractivity contribution in [3.63, 3.8) is 0 Å². The van der Waals surface area contributed by atoms with Crippen molar-refractivity contribution in [2.24, 2.45) is 0 Å². The van der Waals surface area contributed by atoms with Crippen molar-refractivity contribution < 1.29 is 4.79 Å². The van der Waals surface area contributed by atoms with Crippen LogP contribution in [0.1, 0.15) is 35.1 Å². The Morgan fingerprint density at radius 3 is 3.00 bits per heavy atom. The van der Waals surface area contributed by atoms with E-state index in [1.807, 2.05) is 26.1 Å². The van der Waals surface area contributed by atoms with Gasteiger partial charge in [0.2, 0.25) is 0 Å². The molecule has 22 heavy (non-hydrogen) atoms. The number of tetrazole rings is 1. The van der Waals surface area contributed by atoms with Gasteiger partial charge in [0.25, 0.3) is 11.9 Å². The molecule has 8 nitrogen and oxygen atoms in total. The van der Waals surface area contributed by atoms with E-state index in [2.05, 4.69) is 46.9 Å². The second-order valence-electron chi connectivity index (χ2n) is 4.88. The van der Waals surface area contributed by atoms with Crippen LogP contribution in [0.15, 0.2) is 16.7 Å². The molecule has 114 valence electrons. The Morgan fingerprint density at radius 2 is 2.32 bits per heavy atom. The Kier molecular flexibility index (Phi) is 3.88. The fourth-order valence-electron chi connectivity index (χ4n) is 2.34. The highest BCUT2D eigenvalue weighted by atomic mass is 79.9. The Morgan fingerprint density at radius 1 is 1.50 bits per heavy atom. The lowest BCUT2D eigenvalue weighted by atomic mass is 10.2. The number of hydrogen-bond acceptors (Lipinski definition) is 5. The number of rotatable bonds is 4. The number of pyridine rings is 1. The summed E-state index contributed by atoms with van der Waals surface area (Å²) in [4.78, 5) is 17.2. The standard InChI is InChI=1S/C13H14BrN7O/c1-3-4-9-10(12(22)16-13-17-19-20-18-13)21-6-8(14)5-7(2)11(21)15-9/h5-6H,3-4H2,1-2H3,(H2,16,17,18,19,20,22). The monoisotopic (exact) mass is 363 g/mol.